The molecule has 1 fully saturated rings. The molecule has 1 aromatic rings. The highest BCUT2D eigenvalue weighted by Crippen LogP contribution is 2.37. The van der Waals surface area contributed by atoms with Gasteiger partial charge in [-0.15, -0.1) is 0 Å². The van der Waals surface area contributed by atoms with Crippen molar-refractivity contribution in [1.82, 2.24) is 4.90 Å². The molecule has 0 spiro atoms. The Balaban J connectivity index is 1.89. The number of hydrogen-bond acceptors (Lipinski definition) is 4. The Bertz CT molecular complexity index is 612. The van der Waals surface area contributed by atoms with Crippen LogP contribution in [-0.4, -0.2) is 42.5 Å². The highest BCUT2D eigenvalue weighted by Gasteiger charge is 2.35. The molecule has 1 saturated heterocycles. The van der Waals surface area contributed by atoms with E-state index in [1.54, 1.807) is 6.07 Å². The van der Waals surface area contributed by atoms with Crippen molar-refractivity contribution in [2.75, 3.05) is 18.1 Å². The fourth-order valence-electron chi connectivity index (χ4n) is 3.59. The van der Waals surface area contributed by atoms with Gasteiger partial charge in [0, 0.05) is 18.6 Å². The van der Waals surface area contributed by atoms with Gasteiger partial charge in [0.05, 0.1) is 11.5 Å². The lowest BCUT2D eigenvalue weighted by Crippen LogP contribution is -2.49. The van der Waals surface area contributed by atoms with E-state index in [4.69, 9.17) is 0 Å². The summed E-state index contributed by atoms with van der Waals surface area (Å²) in [4.78, 5) is 2.33. The van der Waals surface area contributed by atoms with Crippen molar-refractivity contribution >= 4 is 9.84 Å². The number of aromatic hydroxyl groups is 1. The number of fused-ring (bicyclic) bond motifs is 1. The Morgan fingerprint density at radius 3 is 2.90 bits per heavy atom. The van der Waals surface area contributed by atoms with Crippen LogP contribution in [0.4, 0.5) is 0 Å². The normalized spacial score (nSPS) is 29.9. The smallest absolute Gasteiger partial charge is 0.153 e. The van der Waals surface area contributed by atoms with Crippen LogP contribution in [0.2, 0.25) is 0 Å². The van der Waals surface area contributed by atoms with Gasteiger partial charge >= 0.3 is 0 Å². The quantitative estimate of drug-likeness (QED) is 0.859. The third-order valence-electron chi connectivity index (χ3n) is 4.53. The average molecular weight is 295 g/mol. The van der Waals surface area contributed by atoms with E-state index in [1.807, 2.05) is 19.1 Å². The van der Waals surface area contributed by atoms with Gasteiger partial charge < -0.3 is 5.11 Å². The molecule has 0 aromatic heterocycles. The van der Waals surface area contributed by atoms with Crippen LogP contribution in [0.3, 0.4) is 0 Å². The van der Waals surface area contributed by atoms with Crippen molar-refractivity contribution in [3.05, 3.63) is 29.3 Å². The van der Waals surface area contributed by atoms with Gasteiger partial charge in [-0.25, -0.2) is 8.42 Å². The van der Waals surface area contributed by atoms with Crippen molar-refractivity contribution in [2.24, 2.45) is 0 Å². The summed E-state index contributed by atoms with van der Waals surface area (Å²) in [5, 5.41) is 9.61. The molecule has 5 heteroatoms. The van der Waals surface area contributed by atoms with Crippen LogP contribution < -0.4 is 0 Å². The number of phenols is 1. The van der Waals surface area contributed by atoms with E-state index < -0.39 is 9.84 Å². The molecule has 20 heavy (non-hydrogen) atoms. The lowest BCUT2D eigenvalue weighted by molar-refractivity contribution is 0.142. The summed E-state index contributed by atoms with van der Waals surface area (Å²) in [6.07, 6.45) is 3.17. The molecule has 0 bridgehead atoms. The second kappa shape index (κ2) is 5.04. The lowest BCUT2D eigenvalue weighted by Gasteiger charge is -2.42. The highest BCUT2D eigenvalue weighted by molar-refractivity contribution is 7.91. The van der Waals surface area contributed by atoms with Crippen molar-refractivity contribution in [3.63, 3.8) is 0 Å². The third kappa shape index (κ3) is 2.56. The standard InChI is InChI=1S/C15H21NO3S/c1-11-10-20(18,19)8-7-16(11)15-4-2-3-12-9-13(17)5-6-14(12)15/h5-6,9,11,15,17H,2-4,7-8,10H2,1H3. The van der Waals surface area contributed by atoms with Gasteiger partial charge in [0.25, 0.3) is 0 Å². The molecule has 2 atom stereocenters. The van der Waals surface area contributed by atoms with Crippen LogP contribution in [0.5, 0.6) is 5.75 Å². The van der Waals surface area contributed by atoms with E-state index in [0.29, 0.717) is 18.3 Å². The predicted molar refractivity (Wildman–Crippen MR) is 78.6 cm³/mol. The third-order valence-corrected chi connectivity index (χ3v) is 6.33. The molecule has 0 saturated carbocycles. The van der Waals surface area contributed by atoms with Crippen LogP contribution >= 0.6 is 0 Å². The summed E-state index contributed by atoms with van der Waals surface area (Å²) in [5.74, 6) is 0.844. The maximum Gasteiger partial charge on any atom is 0.153 e. The summed E-state index contributed by atoms with van der Waals surface area (Å²) < 4.78 is 23.4. The molecule has 1 aliphatic carbocycles. The summed E-state index contributed by atoms with van der Waals surface area (Å²) >= 11 is 0. The topological polar surface area (TPSA) is 57.6 Å². The fourth-order valence-corrected chi connectivity index (χ4v) is 5.18. The van der Waals surface area contributed by atoms with Crippen molar-refractivity contribution < 1.29 is 13.5 Å². The summed E-state index contributed by atoms with van der Waals surface area (Å²) in [7, 11) is -2.87. The van der Waals surface area contributed by atoms with E-state index in [0.717, 1.165) is 19.3 Å². The molecule has 110 valence electrons. The molecule has 1 heterocycles. The molecular weight excluding hydrogens is 274 g/mol. The summed E-state index contributed by atoms with van der Waals surface area (Å²) in [6, 6.07) is 5.96. The number of benzene rings is 1. The van der Waals surface area contributed by atoms with Crippen molar-refractivity contribution in [3.8, 4) is 5.75 Å². The molecule has 2 aliphatic rings. The zero-order chi connectivity index (χ0) is 14.3. The fraction of sp³-hybridized carbons (Fsp3) is 0.600. The first-order valence-electron chi connectivity index (χ1n) is 7.24. The number of sulfone groups is 1. The van der Waals surface area contributed by atoms with Gasteiger partial charge in [0.1, 0.15) is 5.75 Å². The molecular formula is C15H21NO3S. The van der Waals surface area contributed by atoms with Gasteiger partial charge in [-0.1, -0.05) is 6.07 Å². The summed E-state index contributed by atoms with van der Waals surface area (Å²) in [5.41, 5.74) is 2.47. The molecule has 1 aromatic carbocycles. The minimum atomic E-state index is -2.87. The van der Waals surface area contributed by atoms with E-state index in [1.165, 1.54) is 11.1 Å². The van der Waals surface area contributed by atoms with Crippen LogP contribution in [0.25, 0.3) is 0 Å². The average Bonchev–Trinajstić information content (AvgIpc) is 2.37. The molecule has 4 nitrogen and oxygen atoms in total. The Morgan fingerprint density at radius 2 is 2.15 bits per heavy atom. The Labute approximate surface area is 120 Å². The van der Waals surface area contributed by atoms with Gasteiger partial charge in [-0.2, -0.15) is 0 Å². The zero-order valence-electron chi connectivity index (χ0n) is 11.7. The van der Waals surface area contributed by atoms with Crippen LogP contribution in [0.1, 0.15) is 36.9 Å². The van der Waals surface area contributed by atoms with Gasteiger partial charge in [0.2, 0.25) is 0 Å². The number of phenolic OH excluding ortho intramolecular Hbond substituents is 1. The number of nitrogens with zero attached hydrogens (tertiary/aromatic N) is 1. The molecule has 1 N–H and O–H groups in total. The minimum absolute atomic E-state index is 0.0681. The zero-order valence-corrected chi connectivity index (χ0v) is 12.6. The monoisotopic (exact) mass is 295 g/mol. The first kappa shape index (κ1) is 13.9. The summed E-state index contributed by atoms with van der Waals surface area (Å²) in [6.45, 7) is 2.62. The van der Waals surface area contributed by atoms with E-state index in [2.05, 4.69) is 4.90 Å². The maximum absolute atomic E-state index is 11.7. The first-order chi connectivity index (χ1) is 9.46. The molecule has 0 amide bonds. The lowest BCUT2D eigenvalue weighted by atomic mass is 9.86. The second-order valence-electron chi connectivity index (χ2n) is 5.99. The Hall–Kier alpha value is -1.07. The Morgan fingerprint density at radius 1 is 1.35 bits per heavy atom. The van der Waals surface area contributed by atoms with Gasteiger partial charge in [-0.05, 0) is 49.4 Å². The number of aryl methyl sites for hydroxylation is 1. The molecule has 2 unspecified atom stereocenters. The predicted octanol–water partition coefficient (Wildman–Crippen LogP) is 1.89. The number of rotatable bonds is 1. The molecule has 0 radical (unpaired) electrons. The largest absolute Gasteiger partial charge is 0.508 e. The van der Waals surface area contributed by atoms with E-state index in [9.17, 15) is 13.5 Å². The van der Waals surface area contributed by atoms with Crippen LogP contribution in [0.15, 0.2) is 18.2 Å². The number of hydrogen-bond donors (Lipinski definition) is 1. The Kier molecular flexibility index (Phi) is 3.50. The van der Waals surface area contributed by atoms with Crippen molar-refractivity contribution in [1.29, 1.82) is 0 Å². The van der Waals surface area contributed by atoms with Crippen LogP contribution in [-0.2, 0) is 16.3 Å². The van der Waals surface area contributed by atoms with Gasteiger partial charge in [-0.3, -0.25) is 4.90 Å². The second-order valence-corrected chi connectivity index (χ2v) is 8.22. The highest BCUT2D eigenvalue weighted by atomic mass is 32.2. The molecule has 1 aliphatic heterocycles. The first-order valence-corrected chi connectivity index (χ1v) is 9.06. The van der Waals surface area contributed by atoms with Crippen LogP contribution in [0, 0.1) is 0 Å². The van der Waals surface area contributed by atoms with E-state index >= 15 is 0 Å². The van der Waals surface area contributed by atoms with Crippen molar-refractivity contribution in [2.45, 2.75) is 38.3 Å². The van der Waals surface area contributed by atoms with E-state index in [-0.39, 0.29) is 17.5 Å². The van der Waals surface area contributed by atoms with Gasteiger partial charge in [0.15, 0.2) is 9.84 Å². The SMILES string of the molecule is CC1CS(=O)(=O)CCN1C1CCCc2cc(O)ccc21. The minimum Gasteiger partial charge on any atom is -0.508 e. The molecule has 3 rings (SSSR count). The maximum atomic E-state index is 11.7.